The van der Waals surface area contributed by atoms with Crippen molar-refractivity contribution in [2.24, 2.45) is 5.92 Å². The van der Waals surface area contributed by atoms with E-state index >= 15 is 0 Å². The summed E-state index contributed by atoms with van der Waals surface area (Å²) in [7, 11) is 0. The van der Waals surface area contributed by atoms with Gasteiger partial charge in [-0.1, -0.05) is 19.4 Å². The highest BCUT2D eigenvalue weighted by Gasteiger charge is 2.32. The Labute approximate surface area is 96.1 Å². The highest BCUT2D eigenvalue weighted by molar-refractivity contribution is 7.09. The van der Waals surface area contributed by atoms with Crippen molar-refractivity contribution in [1.82, 2.24) is 0 Å². The van der Waals surface area contributed by atoms with Gasteiger partial charge in [0.15, 0.2) is 0 Å². The molecule has 1 N–H and O–H groups in total. The van der Waals surface area contributed by atoms with Gasteiger partial charge in [0, 0.05) is 11.3 Å². The lowest BCUT2D eigenvalue weighted by Crippen LogP contribution is -2.35. The predicted molar refractivity (Wildman–Crippen MR) is 65.2 cm³/mol. The minimum atomic E-state index is -0.406. The van der Waals surface area contributed by atoms with Crippen molar-refractivity contribution in [1.29, 1.82) is 0 Å². The third-order valence-electron chi connectivity index (χ3n) is 3.70. The third kappa shape index (κ3) is 2.82. The minimum Gasteiger partial charge on any atom is -0.390 e. The van der Waals surface area contributed by atoms with Crippen LogP contribution in [0.4, 0.5) is 0 Å². The highest BCUT2D eigenvalue weighted by Crippen LogP contribution is 2.36. The zero-order valence-corrected chi connectivity index (χ0v) is 10.2. The van der Waals surface area contributed by atoms with Crippen LogP contribution in [0.25, 0.3) is 0 Å². The van der Waals surface area contributed by atoms with Crippen LogP contribution in [0.3, 0.4) is 0 Å². The van der Waals surface area contributed by atoms with Gasteiger partial charge < -0.3 is 5.11 Å². The van der Waals surface area contributed by atoms with Gasteiger partial charge in [0.05, 0.1) is 5.60 Å². The molecule has 1 saturated carbocycles. The molecular weight excluding hydrogens is 204 g/mol. The molecule has 15 heavy (non-hydrogen) atoms. The number of hydrogen-bond donors (Lipinski definition) is 1. The number of hydrogen-bond acceptors (Lipinski definition) is 2. The maximum atomic E-state index is 10.5. The fourth-order valence-corrected chi connectivity index (χ4v) is 3.38. The van der Waals surface area contributed by atoms with Crippen LogP contribution in [-0.2, 0) is 6.42 Å². The van der Waals surface area contributed by atoms with E-state index in [1.807, 2.05) is 0 Å². The summed E-state index contributed by atoms with van der Waals surface area (Å²) in [6, 6.07) is 4.20. The summed E-state index contributed by atoms with van der Waals surface area (Å²) in [5.74, 6) is 0.855. The fourth-order valence-electron chi connectivity index (χ4n) is 2.54. The van der Waals surface area contributed by atoms with Crippen LogP contribution in [0.2, 0.25) is 0 Å². The second kappa shape index (κ2) is 4.67. The molecular formula is C13H20OS. The molecule has 1 aliphatic carbocycles. The van der Waals surface area contributed by atoms with Gasteiger partial charge in [-0.3, -0.25) is 0 Å². The van der Waals surface area contributed by atoms with E-state index in [9.17, 15) is 5.11 Å². The molecule has 0 bridgehead atoms. The van der Waals surface area contributed by atoms with E-state index in [1.165, 1.54) is 24.1 Å². The minimum absolute atomic E-state index is 0.406. The van der Waals surface area contributed by atoms with E-state index in [4.69, 9.17) is 0 Å². The number of aliphatic hydroxyl groups is 1. The number of rotatable bonds is 3. The number of thiophene rings is 1. The average molecular weight is 224 g/mol. The molecule has 1 aliphatic rings. The zero-order chi connectivity index (χ0) is 10.7. The highest BCUT2D eigenvalue weighted by atomic mass is 32.1. The van der Waals surface area contributed by atoms with Crippen molar-refractivity contribution >= 4 is 11.3 Å². The van der Waals surface area contributed by atoms with Gasteiger partial charge in [0.2, 0.25) is 0 Å². The molecule has 84 valence electrons. The van der Waals surface area contributed by atoms with Crippen molar-refractivity contribution in [3.05, 3.63) is 22.4 Å². The lowest BCUT2D eigenvalue weighted by molar-refractivity contribution is -0.00857. The monoisotopic (exact) mass is 224 g/mol. The summed E-state index contributed by atoms with van der Waals surface area (Å²) >= 11 is 1.76. The molecule has 1 heterocycles. The van der Waals surface area contributed by atoms with E-state index in [-0.39, 0.29) is 0 Å². The van der Waals surface area contributed by atoms with Gasteiger partial charge in [-0.2, -0.15) is 0 Å². The van der Waals surface area contributed by atoms with E-state index < -0.39 is 5.60 Å². The Balaban J connectivity index is 1.92. The summed E-state index contributed by atoms with van der Waals surface area (Å²) in [4.78, 5) is 1.33. The first-order chi connectivity index (χ1) is 7.22. The molecule has 2 heteroatoms. The van der Waals surface area contributed by atoms with E-state index in [2.05, 4.69) is 24.4 Å². The van der Waals surface area contributed by atoms with Gasteiger partial charge >= 0.3 is 0 Å². The average Bonchev–Trinajstić information content (AvgIpc) is 2.71. The Kier molecular flexibility index (Phi) is 3.47. The van der Waals surface area contributed by atoms with Gasteiger partial charge in [-0.15, -0.1) is 11.3 Å². The SMILES string of the molecule is CCC1CCC(O)(Cc2cccs2)CC1. The first kappa shape index (κ1) is 11.2. The topological polar surface area (TPSA) is 20.2 Å². The van der Waals surface area contributed by atoms with Crippen molar-refractivity contribution in [3.63, 3.8) is 0 Å². The van der Waals surface area contributed by atoms with Crippen molar-refractivity contribution in [2.75, 3.05) is 0 Å². The van der Waals surface area contributed by atoms with Crippen LogP contribution < -0.4 is 0 Å². The maximum absolute atomic E-state index is 10.5. The molecule has 1 aromatic rings. The molecule has 0 unspecified atom stereocenters. The van der Waals surface area contributed by atoms with Crippen LogP contribution in [-0.4, -0.2) is 10.7 Å². The molecule has 0 aliphatic heterocycles. The van der Waals surface area contributed by atoms with Crippen molar-refractivity contribution < 1.29 is 5.11 Å². The Hall–Kier alpha value is -0.340. The Morgan fingerprint density at radius 1 is 1.47 bits per heavy atom. The summed E-state index contributed by atoms with van der Waals surface area (Å²) in [6.07, 6.45) is 6.53. The molecule has 0 amide bonds. The predicted octanol–water partition coefficient (Wildman–Crippen LogP) is 3.62. The smallest absolute Gasteiger partial charge is 0.0696 e. The Bertz CT molecular complexity index is 283. The lowest BCUT2D eigenvalue weighted by Gasteiger charge is -2.35. The van der Waals surface area contributed by atoms with Crippen LogP contribution in [0.5, 0.6) is 0 Å². The molecule has 0 saturated heterocycles. The standard InChI is InChI=1S/C13H20OS/c1-2-11-5-7-13(14,8-6-11)10-12-4-3-9-15-12/h3-4,9,11,14H,2,5-8,10H2,1H3. The van der Waals surface area contributed by atoms with Gasteiger partial charge in [0.25, 0.3) is 0 Å². The van der Waals surface area contributed by atoms with Gasteiger partial charge in [0.1, 0.15) is 0 Å². The Morgan fingerprint density at radius 3 is 2.73 bits per heavy atom. The van der Waals surface area contributed by atoms with Gasteiger partial charge in [-0.05, 0) is 43.0 Å². The zero-order valence-electron chi connectivity index (χ0n) is 9.41. The molecule has 0 spiro atoms. The molecule has 0 aromatic carbocycles. The molecule has 1 fully saturated rings. The van der Waals surface area contributed by atoms with Crippen LogP contribution in [0.15, 0.2) is 17.5 Å². The second-order valence-corrected chi connectivity index (χ2v) is 5.86. The van der Waals surface area contributed by atoms with Crippen LogP contribution in [0, 0.1) is 5.92 Å². The van der Waals surface area contributed by atoms with E-state index in [0.29, 0.717) is 0 Å². The van der Waals surface area contributed by atoms with Crippen molar-refractivity contribution in [2.45, 2.75) is 51.0 Å². The summed E-state index contributed by atoms with van der Waals surface area (Å²) in [6.45, 7) is 2.26. The third-order valence-corrected chi connectivity index (χ3v) is 4.57. The maximum Gasteiger partial charge on any atom is 0.0696 e. The lowest BCUT2D eigenvalue weighted by atomic mass is 9.76. The first-order valence-electron chi connectivity index (χ1n) is 5.96. The van der Waals surface area contributed by atoms with Crippen molar-refractivity contribution in [3.8, 4) is 0 Å². The Morgan fingerprint density at radius 2 is 2.20 bits per heavy atom. The normalized spacial score (nSPS) is 31.7. The molecule has 2 rings (SSSR count). The summed E-state index contributed by atoms with van der Waals surface area (Å²) in [5, 5.41) is 12.6. The first-order valence-corrected chi connectivity index (χ1v) is 6.84. The largest absolute Gasteiger partial charge is 0.390 e. The fraction of sp³-hybridized carbons (Fsp3) is 0.692. The van der Waals surface area contributed by atoms with Gasteiger partial charge in [-0.25, -0.2) is 0 Å². The quantitative estimate of drug-likeness (QED) is 0.831. The second-order valence-electron chi connectivity index (χ2n) is 4.83. The molecule has 1 aromatic heterocycles. The molecule has 0 radical (unpaired) electrons. The van der Waals surface area contributed by atoms with E-state index in [1.54, 1.807) is 11.3 Å². The van der Waals surface area contributed by atoms with Crippen LogP contribution in [0.1, 0.15) is 43.9 Å². The van der Waals surface area contributed by atoms with E-state index in [0.717, 1.165) is 25.2 Å². The molecule has 0 atom stereocenters. The van der Waals surface area contributed by atoms with Crippen LogP contribution >= 0.6 is 11.3 Å². The summed E-state index contributed by atoms with van der Waals surface area (Å²) in [5.41, 5.74) is -0.406. The summed E-state index contributed by atoms with van der Waals surface area (Å²) < 4.78 is 0. The molecule has 1 nitrogen and oxygen atoms in total.